The van der Waals surface area contributed by atoms with Gasteiger partial charge in [0, 0.05) is 11.8 Å². The van der Waals surface area contributed by atoms with E-state index in [0.717, 1.165) is 21.8 Å². The summed E-state index contributed by atoms with van der Waals surface area (Å²) in [5.41, 5.74) is 1.28. The van der Waals surface area contributed by atoms with Gasteiger partial charge in [-0.1, -0.05) is 30.3 Å². The normalized spacial score (nSPS) is 14.7. The van der Waals surface area contributed by atoms with E-state index in [4.69, 9.17) is 9.47 Å². The Morgan fingerprint density at radius 1 is 1.25 bits per heavy atom. The maximum Gasteiger partial charge on any atom is 0.348 e. The Morgan fingerprint density at radius 2 is 1.92 bits per heavy atom. The van der Waals surface area contributed by atoms with Gasteiger partial charge >= 0.3 is 5.97 Å². The predicted molar refractivity (Wildman–Crippen MR) is 90.4 cm³/mol. The van der Waals surface area contributed by atoms with Gasteiger partial charge in [-0.2, -0.15) is 0 Å². The lowest BCUT2D eigenvalue weighted by atomic mass is 10.2. The summed E-state index contributed by atoms with van der Waals surface area (Å²) < 4.78 is 10.8. The van der Waals surface area contributed by atoms with E-state index in [2.05, 4.69) is 0 Å². The Morgan fingerprint density at radius 3 is 2.50 bits per heavy atom. The van der Waals surface area contributed by atoms with Crippen LogP contribution in [-0.2, 0) is 14.3 Å². The molecule has 7 heteroatoms. The van der Waals surface area contributed by atoms with Gasteiger partial charge in [0.15, 0.2) is 6.29 Å². The molecule has 1 aromatic heterocycles. The molecule has 1 aliphatic heterocycles. The number of anilines is 1. The number of amides is 1. The monoisotopic (exact) mass is 347 g/mol. The Balaban J connectivity index is 1.98. The van der Waals surface area contributed by atoms with Crippen LogP contribution in [0.3, 0.4) is 0 Å². The third kappa shape index (κ3) is 3.48. The van der Waals surface area contributed by atoms with E-state index in [-0.39, 0.29) is 17.3 Å². The molecule has 1 saturated heterocycles. The highest BCUT2D eigenvalue weighted by Gasteiger charge is 2.27. The molecule has 126 valence electrons. The Hall–Kier alpha value is -2.22. The molecule has 0 radical (unpaired) electrons. The number of benzene rings is 1. The van der Waals surface area contributed by atoms with Crippen LogP contribution in [0.25, 0.3) is 10.4 Å². The Bertz CT molecular complexity index is 737. The second kappa shape index (κ2) is 7.12. The first-order valence-corrected chi connectivity index (χ1v) is 8.32. The van der Waals surface area contributed by atoms with Crippen molar-refractivity contribution in [2.45, 2.75) is 13.2 Å². The summed E-state index contributed by atoms with van der Waals surface area (Å²) in [6.45, 7) is 2.52. The van der Waals surface area contributed by atoms with E-state index in [0.29, 0.717) is 18.9 Å². The van der Waals surface area contributed by atoms with Gasteiger partial charge in [0.2, 0.25) is 5.91 Å². The number of hydrogen-bond acceptors (Lipinski definition) is 5. The summed E-state index contributed by atoms with van der Waals surface area (Å²) in [4.78, 5) is 26.0. The van der Waals surface area contributed by atoms with E-state index in [1.165, 1.54) is 11.8 Å². The molecule has 0 atom stereocenters. The highest BCUT2D eigenvalue weighted by atomic mass is 32.1. The first kappa shape index (κ1) is 16.6. The third-order valence-electron chi connectivity index (χ3n) is 3.66. The standard InChI is InChI=1S/C17H17NO5S/c1-11(19)18(10-15-22-7-8-23-15)13-9-14(24-16(13)17(20)21)12-5-3-2-4-6-12/h2-6,9,15H,7-8,10H2,1H3,(H,20,21). The highest BCUT2D eigenvalue weighted by Crippen LogP contribution is 2.37. The van der Waals surface area contributed by atoms with Crippen LogP contribution in [0.5, 0.6) is 0 Å². The van der Waals surface area contributed by atoms with E-state index < -0.39 is 12.3 Å². The first-order chi connectivity index (χ1) is 11.6. The summed E-state index contributed by atoms with van der Waals surface area (Å²) in [5.74, 6) is -1.31. The van der Waals surface area contributed by atoms with Crippen LogP contribution < -0.4 is 4.90 Å². The minimum Gasteiger partial charge on any atom is -0.477 e. The molecule has 2 aromatic rings. The van der Waals surface area contributed by atoms with Gasteiger partial charge in [-0.25, -0.2) is 4.79 Å². The van der Waals surface area contributed by atoms with E-state index in [1.54, 1.807) is 6.07 Å². The topological polar surface area (TPSA) is 76.1 Å². The van der Waals surface area contributed by atoms with Crippen LogP contribution in [-0.4, -0.2) is 43.0 Å². The van der Waals surface area contributed by atoms with E-state index >= 15 is 0 Å². The fourth-order valence-electron chi connectivity index (χ4n) is 2.54. The van der Waals surface area contributed by atoms with Gasteiger partial charge in [-0.3, -0.25) is 4.79 Å². The summed E-state index contributed by atoms with van der Waals surface area (Å²) in [7, 11) is 0. The van der Waals surface area contributed by atoms with Gasteiger partial charge in [-0.15, -0.1) is 11.3 Å². The number of aromatic carboxylic acids is 1. The first-order valence-electron chi connectivity index (χ1n) is 7.50. The fourth-order valence-corrected chi connectivity index (χ4v) is 3.54. The molecule has 1 amide bonds. The van der Waals surface area contributed by atoms with Crippen LogP contribution >= 0.6 is 11.3 Å². The zero-order chi connectivity index (χ0) is 17.1. The average Bonchev–Trinajstić information content (AvgIpc) is 3.22. The van der Waals surface area contributed by atoms with Crippen molar-refractivity contribution in [3.63, 3.8) is 0 Å². The molecule has 2 heterocycles. The number of thiophene rings is 1. The van der Waals surface area contributed by atoms with Gasteiger partial charge in [0.05, 0.1) is 25.4 Å². The maximum absolute atomic E-state index is 12.1. The minimum atomic E-state index is -1.06. The number of carboxylic acid groups (broad SMARTS) is 1. The Kier molecular flexibility index (Phi) is 4.94. The zero-order valence-corrected chi connectivity index (χ0v) is 13.9. The van der Waals surface area contributed by atoms with Crippen LogP contribution in [0.15, 0.2) is 36.4 Å². The number of rotatable bonds is 5. The van der Waals surface area contributed by atoms with Crippen molar-refractivity contribution < 1.29 is 24.2 Å². The lowest BCUT2D eigenvalue weighted by Crippen LogP contribution is -2.37. The van der Waals surface area contributed by atoms with Crippen LogP contribution in [0, 0.1) is 0 Å². The van der Waals surface area contributed by atoms with Crippen LogP contribution in [0.1, 0.15) is 16.6 Å². The molecule has 0 saturated carbocycles. The molecule has 24 heavy (non-hydrogen) atoms. The molecule has 3 rings (SSSR count). The molecule has 0 bridgehead atoms. The van der Waals surface area contributed by atoms with Crippen molar-refractivity contribution in [2.24, 2.45) is 0 Å². The van der Waals surface area contributed by atoms with Crippen molar-refractivity contribution in [3.05, 3.63) is 41.3 Å². The van der Waals surface area contributed by atoms with Crippen LogP contribution in [0.2, 0.25) is 0 Å². The zero-order valence-electron chi connectivity index (χ0n) is 13.1. The van der Waals surface area contributed by atoms with Gasteiger partial charge in [-0.05, 0) is 11.6 Å². The largest absolute Gasteiger partial charge is 0.477 e. The van der Waals surface area contributed by atoms with Gasteiger partial charge < -0.3 is 19.5 Å². The minimum absolute atomic E-state index is 0.127. The maximum atomic E-state index is 12.1. The smallest absolute Gasteiger partial charge is 0.348 e. The number of hydrogen-bond donors (Lipinski definition) is 1. The summed E-state index contributed by atoms with van der Waals surface area (Å²) in [6.07, 6.45) is -0.532. The lowest BCUT2D eigenvalue weighted by Gasteiger charge is -2.23. The van der Waals surface area contributed by atoms with Gasteiger partial charge in [0.25, 0.3) is 0 Å². The van der Waals surface area contributed by atoms with Crippen molar-refractivity contribution in [2.75, 3.05) is 24.7 Å². The second-order valence-corrected chi connectivity index (χ2v) is 6.35. The quantitative estimate of drug-likeness (QED) is 0.900. The lowest BCUT2D eigenvalue weighted by molar-refractivity contribution is -0.118. The molecular weight excluding hydrogens is 330 g/mol. The molecular formula is C17H17NO5S. The summed E-state index contributed by atoms with van der Waals surface area (Å²) in [6, 6.07) is 11.2. The molecule has 0 unspecified atom stereocenters. The second-order valence-electron chi connectivity index (χ2n) is 5.30. The molecule has 1 fully saturated rings. The van der Waals surface area contributed by atoms with Crippen molar-refractivity contribution in [3.8, 4) is 10.4 Å². The molecule has 0 spiro atoms. The number of nitrogens with zero attached hydrogens (tertiary/aromatic N) is 1. The van der Waals surface area contributed by atoms with Gasteiger partial charge in [0.1, 0.15) is 4.88 Å². The summed E-state index contributed by atoms with van der Waals surface area (Å²) in [5, 5.41) is 9.53. The third-order valence-corrected chi connectivity index (χ3v) is 4.82. The number of carbonyl (C=O) groups is 2. The van der Waals surface area contributed by atoms with E-state index in [9.17, 15) is 14.7 Å². The molecule has 6 nitrogen and oxygen atoms in total. The molecule has 1 aliphatic rings. The van der Waals surface area contributed by atoms with Crippen molar-refractivity contribution in [1.29, 1.82) is 0 Å². The molecule has 1 N–H and O–H groups in total. The Labute approximate surface area is 143 Å². The van der Waals surface area contributed by atoms with Crippen LogP contribution in [0.4, 0.5) is 5.69 Å². The predicted octanol–water partition coefficient (Wildman–Crippen LogP) is 2.84. The SMILES string of the molecule is CC(=O)N(CC1OCCO1)c1cc(-c2ccccc2)sc1C(=O)O. The number of carbonyl (C=O) groups excluding carboxylic acids is 1. The number of ether oxygens (including phenoxy) is 2. The molecule has 1 aromatic carbocycles. The van der Waals surface area contributed by atoms with Crippen molar-refractivity contribution >= 4 is 28.9 Å². The molecule has 0 aliphatic carbocycles. The highest BCUT2D eigenvalue weighted by molar-refractivity contribution is 7.18. The summed E-state index contributed by atoms with van der Waals surface area (Å²) >= 11 is 1.15. The van der Waals surface area contributed by atoms with E-state index in [1.807, 2.05) is 30.3 Å². The number of carboxylic acids is 1. The fraction of sp³-hybridized carbons (Fsp3) is 0.294. The van der Waals surface area contributed by atoms with Crippen molar-refractivity contribution in [1.82, 2.24) is 0 Å². The average molecular weight is 347 g/mol.